The summed E-state index contributed by atoms with van der Waals surface area (Å²) in [5.74, 6) is 0. The Bertz CT molecular complexity index is 905. The van der Waals surface area contributed by atoms with Crippen molar-refractivity contribution >= 4 is 28.6 Å². The summed E-state index contributed by atoms with van der Waals surface area (Å²) in [6.07, 6.45) is 4.73. The number of halogens is 1. The number of aromatic amines is 1. The maximum Gasteiger partial charge on any atom is 0.297 e. The van der Waals surface area contributed by atoms with Crippen LogP contribution < -0.4 is 10.3 Å². The number of nitrogens with zero attached hydrogens (tertiary/aromatic N) is 2. The van der Waals surface area contributed by atoms with E-state index in [1.165, 1.54) is 6.20 Å². The van der Waals surface area contributed by atoms with Gasteiger partial charge in [-0.1, -0.05) is 36.4 Å². The molecule has 0 radical (unpaired) electrons. The number of hydrogen-bond donors (Lipinski definition) is 1. The first-order valence-electron chi connectivity index (χ1n) is 6.55. The Kier molecular flexibility index (Phi) is 3.89. The molecule has 6 heteroatoms. The molecule has 0 spiro atoms. The van der Waals surface area contributed by atoms with Crippen LogP contribution in [0.2, 0.25) is 5.02 Å². The molecule has 0 saturated carbocycles. The molecular formula is C16H12ClN3O2. The first-order valence-corrected chi connectivity index (χ1v) is 6.93. The second-order valence-electron chi connectivity index (χ2n) is 4.57. The minimum atomic E-state index is -0.266. The predicted octanol–water partition coefficient (Wildman–Crippen LogP) is 3.19. The molecule has 22 heavy (non-hydrogen) atoms. The topological polar surface area (TPSA) is 67.9 Å². The van der Waals surface area contributed by atoms with Crippen LogP contribution in [0.25, 0.3) is 17.0 Å². The zero-order valence-corrected chi connectivity index (χ0v) is 12.3. The smallest absolute Gasteiger partial charge is 0.297 e. The standard InChI is InChI=1S/C16H12ClN3O2/c1-2-11-10(4-3-5-13(11)17)9-22-16-19-14-8-18-7-6-12(14)15(21)20-16/h2-8H,1,9H2,(H,19,20,21). The second kappa shape index (κ2) is 5.99. The fraction of sp³-hybridized carbons (Fsp3) is 0.0625. The van der Waals surface area contributed by atoms with E-state index in [1.54, 1.807) is 24.4 Å². The molecule has 3 aromatic rings. The predicted molar refractivity (Wildman–Crippen MR) is 86.0 cm³/mol. The van der Waals surface area contributed by atoms with Crippen molar-refractivity contribution in [3.8, 4) is 6.01 Å². The molecule has 0 aliphatic carbocycles. The maximum atomic E-state index is 11.9. The lowest BCUT2D eigenvalue weighted by molar-refractivity contribution is 0.281. The largest absolute Gasteiger partial charge is 0.460 e. The third-order valence-corrected chi connectivity index (χ3v) is 3.53. The second-order valence-corrected chi connectivity index (χ2v) is 4.98. The molecule has 0 atom stereocenters. The van der Waals surface area contributed by atoms with Crippen LogP contribution >= 0.6 is 11.6 Å². The Balaban J connectivity index is 1.90. The lowest BCUT2D eigenvalue weighted by atomic mass is 10.1. The summed E-state index contributed by atoms with van der Waals surface area (Å²) in [4.78, 5) is 22.7. The Labute approximate surface area is 131 Å². The van der Waals surface area contributed by atoms with Crippen molar-refractivity contribution in [3.05, 3.63) is 69.7 Å². The van der Waals surface area contributed by atoms with Crippen LogP contribution in [-0.2, 0) is 6.61 Å². The number of nitrogens with one attached hydrogen (secondary N) is 1. The molecule has 0 aliphatic heterocycles. The van der Waals surface area contributed by atoms with Crippen LogP contribution in [0.1, 0.15) is 11.1 Å². The Morgan fingerprint density at radius 1 is 1.36 bits per heavy atom. The Hall–Kier alpha value is -2.66. The van der Waals surface area contributed by atoms with E-state index in [0.717, 1.165) is 11.1 Å². The summed E-state index contributed by atoms with van der Waals surface area (Å²) in [7, 11) is 0. The molecule has 0 unspecified atom stereocenters. The van der Waals surface area contributed by atoms with Gasteiger partial charge >= 0.3 is 0 Å². The zero-order chi connectivity index (χ0) is 15.5. The van der Waals surface area contributed by atoms with Crippen LogP contribution in [0, 0.1) is 0 Å². The SMILES string of the molecule is C=Cc1c(Cl)cccc1COc1nc2cnccc2c(=O)[nH]1. The molecule has 1 aromatic carbocycles. The van der Waals surface area contributed by atoms with Crippen molar-refractivity contribution in [1.29, 1.82) is 0 Å². The van der Waals surface area contributed by atoms with Crippen molar-refractivity contribution < 1.29 is 4.74 Å². The number of H-pyrrole nitrogens is 1. The summed E-state index contributed by atoms with van der Waals surface area (Å²) < 4.78 is 5.58. The van der Waals surface area contributed by atoms with Gasteiger partial charge in [0.15, 0.2) is 0 Å². The molecule has 0 fully saturated rings. The molecule has 110 valence electrons. The van der Waals surface area contributed by atoms with Gasteiger partial charge < -0.3 is 4.74 Å². The van der Waals surface area contributed by atoms with E-state index in [9.17, 15) is 4.79 Å². The molecule has 0 aliphatic rings. The first-order chi connectivity index (χ1) is 10.7. The highest BCUT2D eigenvalue weighted by Crippen LogP contribution is 2.22. The zero-order valence-electron chi connectivity index (χ0n) is 11.5. The van der Waals surface area contributed by atoms with Crippen LogP contribution in [0.15, 0.2) is 48.0 Å². The van der Waals surface area contributed by atoms with Gasteiger partial charge in [0.25, 0.3) is 11.6 Å². The fourth-order valence-corrected chi connectivity index (χ4v) is 2.39. The molecule has 2 heterocycles. The Morgan fingerprint density at radius 3 is 3.05 bits per heavy atom. The van der Waals surface area contributed by atoms with Gasteiger partial charge in [-0.3, -0.25) is 14.8 Å². The number of fused-ring (bicyclic) bond motifs is 1. The molecular weight excluding hydrogens is 302 g/mol. The van der Waals surface area contributed by atoms with E-state index in [0.29, 0.717) is 15.9 Å². The molecule has 0 amide bonds. The van der Waals surface area contributed by atoms with E-state index in [4.69, 9.17) is 16.3 Å². The number of aromatic nitrogens is 3. The van der Waals surface area contributed by atoms with Crippen molar-refractivity contribution in [3.63, 3.8) is 0 Å². The number of hydrogen-bond acceptors (Lipinski definition) is 4. The van der Waals surface area contributed by atoms with Gasteiger partial charge in [-0.05, 0) is 23.3 Å². The van der Waals surface area contributed by atoms with Crippen LogP contribution in [-0.4, -0.2) is 15.0 Å². The number of rotatable bonds is 4. The minimum Gasteiger partial charge on any atom is -0.460 e. The highest BCUT2D eigenvalue weighted by atomic mass is 35.5. The van der Waals surface area contributed by atoms with E-state index in [-0.39, 0.29) is 18.2 Å². The summed E-state index contributed by atoms with van der Waals surface area (Å²) in [6.45, 7) is 3.96. The van der Waals surface area contributed by atoms with Gasteiger partial charge in [0.1, 0.15) is 6.61 Å². The van der Waals surface area contributed by atoms with Gasteiger partial charge in [0.05, 0.1) is 17.1 Å². The summed E-state index contributed by atoms with van der Waals surface area (Å²) in [5, 5.41) is 1.07. The first kappa shape index (κ1) is 14.3. The molecule has 3 rings (SSSR count). The third kappa shape index (κ3) is 2.71. The van der Waals surface area contributed by atoms with Crippen LogP contribution in [0.5, 0.6) is 6.01 Å². The van der Waals surface area contributed by atoms with Crippen molar-refractivity contribution in [1.82, 2.24) is 15.0 Å². The van der Waals surface area contributed by atoms with Gasteiger partial charge in [-0.15, -0.1) is 0 Å². The van der Waals surface area contributed by atoms with Gasteiger partial charge in [0, 0.05) is 11.2 Å². The monoisotopic (exact) mass is 313 g/mol. The minimum absolute atomic E-state index is 0.139. The summed E-state index contributed by atoms with van der Waals surface area (Å²) in [6, 6.07) is 7.24. The number of ether oxygens (including phenoxy) is 1. The number of benzene rings is 1. The summed E-state index contributed by atoms with van der Waals surface area (Å²) in [5.41, 5.74) is 1.87. The van der Waals surface area contributed by atoms with Gasteiger partial charge in [0.2, 0.25) is 0 Å². The van der Waals surface area contributed by atoms with Crippen LogP contribution in [0.4, 0.5) is 0 Å². The van der Waals surface area contributed by atoms with E-state index in [1.807, 2.05) is 12.1 Å². The van der Waals surface area contributed by atoms with E-state index >= 15 is 0 Å². The average Bonchev–Trinajstić information content (AvgIpc) is 2.53. The van der Waals surface area contributed by atoms with Crippen molar-refractivity contribution in [2.45, 2.75) is 6.61 Å². The van der Waals surface area contributed by atoms with Gasteiger partial charge in [-0.25, -0.2) is 0 Å². The van der Waals surface area contributed by atoms with Crippen LogP contribution in [0.3, 0.4) is 0 Å². The highest BCUT2D eigenvalue weighted by molar-refractivity contribution is 6.32. The lowest BCUT2D eigenvalue weighted by Crippen LogP contribution is -2.11. The van der Waals surface area contributed by atoms with Crippen molar-refractivity contribution in [2.75, 3.05) is 0 Å². The third-order valence-electron chi connectivity index (χ3n) is 3.20. The highest BCUT2D eigenvalue weighted by Gasteiger charge is 2.07. The fourth-order valence-electron chi connectivity index (χ4n) is 2.12. The van der Waals surface area contributed by atoms with Crippen molar-refractivity contribution in [2.24, 2.45) is 0 Å². The molecule has 5 nitrogen and oxygen atoms in total. The molecule has 1 N–H and O–H groups in total. The quantitative estimate of drug-likeness (QED) is 0.803. The normalized spacial score (nSPS) is 10.6. The summed E-state index contributed by atoms with van der Waals surface area (Å²) >= 11 is 6.11. The molecule has 2 aromatic heterocycles. The molecule has 0 bridgehead atoms. The lowest BCUT2D eigenvalue weighted by Gasteiger charge is -2.09. The number of pyridine rings is 1. The van der Waals surface area contributed by atoms with E-state index < -0.39 is 0 Å². The average molecular weight is 314 g/mol. The maximum absolute atomic E-state index is 11.9. The van der Waals surface area contributed by atoms with Gasteiger partial charge in [-0.2, -0.15) is 4.98 Å². The Morgan fingerprint density at radius 2 is 2.23 bits per heavy atom. The molecule has 0 saturated heterocycles. The van der Waals surface area contributed by atoms with E-state index in [2.05, 4.69) is 21.5 Å².